The van der Waals surface area contributed by atoms with Crippen molar-refractivity contribution in [3.63, 3.8) is 0 Å². The number of aromatic carboxylic acids is 1. The highest BCUT2D eigenvalue weighted by Crippen LogP contribution is 2.53. The van der Waals surface area contributed by atoms with E-state index in [-0.39, 0.29) is 17.4 Å². The summed E-state index contributed by atoms with van der Waals surface area (Å²) in [5.74, 6) is 0.317. The molecule has 0 spiro atoms. The van der Waals surface area contributed by atoms with Crippen molar-refractivity contribution in [2.24, 2.45) is 5.92 Å². The fourth-order valence-corrected chi connectivity index (χ4v) is 3.81. The number of fused-ring (bicyclic) bond motifs is 1. The number of carboxylic acid groups (broad SMARTS) is 1. The van der Waals surface area contributed by atoms with Gasteiger partial charge in [0.15, 0.2) is 22.1 Å². The number of halogens is 2. The Morgan fingerprint density at radius 2 is 1.96 bits per heavy atom. The molecule has 0 aliphatic heterocycles. The zero-order valence-corrected chi connectivity index (χ0v) is 14.7. The first-order valence-electron chi connectivity index (χ1n) is 6.79. The zero-order valence-electron chi connectivity index (χ0n) is 12.4. The normalized spacial score (nSPS) is 18.7. The highest BCUT2D eigenvalue weighted by atomic mass is 35.5. The fourth-order valence-electron chi connectivity index (χ4n) is 2.32. The molecule has 2 aromatic rings. The SMILES string of the molecule is COc1cc2sc(C(=O)O)c(OCC3CC3(Cl)Cl)c2cc1OC. The van der Waals surface area contributed by atoms with Crippen LogP contribution in [0.5, 0.6) is 17.2 Å². The molecule has 1 aromatic heterocycles. The van der Waals surface area contributed by atoms with E-state index in [1.165, 1.54) is 14.2 Å². The van der Waals surface area contributed by atoms with Crippen LogP contribution in [0.15, 0.2) is 12.1 Å². The number of hydrogen-bond donors (Lipinski definition) is 1. The zero-order chi connectivity index (χ0) is 16.8. The predicted molar refractivity (Wildman–Crippen MR) is 89.9 cm³/mol. The minimum Gasteiger partial charge on any atom is -0.493 e. The molecule has 1 aromatic carbocycles. The standard InChI is InChI=1S/C15H14Cl2O5S/c1-20-9-3-8-11(4-10(9)21-2)23-13(14(18)19)12(8)22-6-7-5-15(7,16)17/h3-4,7H,5-6H2,1-2H3,(H,18,19). The second-order valence-corrected chi connectivity index (χ2v) is 7.84. The van der Waals surface area contributed by atoms with Gasteiger partial charge in [-0.15, -0.1) is 34.5 Å². The Morgan fingerprint density at radius 1 is 1.35 bits per heavy atom. The molecule has 1 saturated carbocycles. The molecule has 0 radical (unpaired) electrons. The first-order valence-corrected chi connectivity index (χ1v) is 8.37. The summed E-state index contributed by atoms with van der Waals surface area (Å²) in [7, 11) is 3.05. The maximum absolute atomic E-state index is 11.5. The summed E-state index contributed by atoms with van der Waals surface area (Å²) < 4.78 is 16.2. The Balaban J connectivity index is 2.02. The van der Waals surface area contributed by atoms with E-state index in [0.717, 1.165) is 16.0 Å². The van der Waals surface area contributed by atoms with Crippen LogP contribution in [-0.4, -0.2) is 36.2 Å². The Bertz CT molecular complexity index is 771. The number of methoxy groups -OCH3 is 2. The molecule has 23 heavy (non-hydrogen) atoms. The number of alkyl halides is 2. The Morgan fingerprint density at radius 3 is 2.48 bits per heavy atom. The van der Waals surface area contributed by atoms with E-state index in [9.17, 15) is 9.90 Å². The van der Waals surface area contributed by atoms with Crippen molar-refractivity contribution in [3.05, 3.63) is 17.0 Å². The minimum atomic E-state index is -1.04. The average Bonchev–Trinajstić information content (AvgIpc) is 2.97. The van der Waals surface area contributed by atoms with Crippen molar-refractivity contribution in [2.75, 3.05) is 20.8 Å². The van der Waals surface area contributed by atoms with Gasteiger partial charge in [0.2, 0.25) is 0 Å². The maximum Gasteiger partial charge on any atom is 0.349 e. The molecule has 1 aliphatic carbocycles. The lowest BCUT2D eigenvalue weighted by atomic mass is 10.2. The van der Waals surface area contributed by atoms with Crippen LogP contribution in [0.3, 0.4) is 0 Å². The van der Waals surface area contributed by atoms with Gasteiger partial charge in [-0.25, -0.2) is 4.79 Å². The van der Waals surface area contributed by atoms with Gasteiger partial charge in [-0.2, -0.15) is 0 Å². The topological polar surface area (TPSA) is 65.0 Å². The van der Waals surface area contributed by atoms with E-state index in [1.54, 1.807) is 12.1 Å². The molecule has 0 saturated heterocycles. The lowest BCUT2D eigenvalue weighted by Crippen LogP contribution is -2.06. The predicted octanol–water partition coefficient (Wildman–Crippen LogP) is 4.19. The smallest absolute Gasteiger partial charge is 0.349 e. The van der Waals surface area contributed by atoms with Crippen molar-refractivity contribution in [3.8, 4) is 17.2 Å². The molecule has 1 N–H and O–H groups in total. The van der Waals surface area contributed by atoms with E-state index < -0.39 is 10.3 Å². The first kappa shape index (κ1) is 16.5. The van der Waals surface area contributed by atoms with Gasteiger partial charge in [-0.3, -0.25) is 0 Å². The van der Waals surface area contributed by atoms with E-state index in [4.69, 9.17) is 37.4 Å². The molecule has 1 atom stereocenters. The fraction of sp³-hybridized carbons (Fsp3) is 0.400. The van der Waals surface area contributed by atoms with Gasteiger partial charge < -0.3 is 19.3 Å². The molecule has 0 bridgehead atoms. The second kappa shape index (κ2) is 5.92. The number of ether oxygens (including phenoxy) is 3. The summed E-state index contributed by atoms with van der Waals surface area (Å²) in [6.45, 7) is 0.271. The van der Waals surface area contributed by atoms with E-state index in [0.29, 0.717) is 29.1 Å². The lowest BCUT2D eigenvalue weighted by molar-refractivity contribution is 0.0698. The number of thiophene rings is 1. The summed E-state index contributed by atoms with van der Waals surface area (Å²) in [6.07, 6.45) is 0.637. The Kier molecular flexibility index (Phi) is 4.25. The summed E-state index contributed by atoms with van der Waals surface area (Å²) >= 11 is 13.1. The van der Waals surface area contributed by atoms with Gasteiger partial charge >= 0.3 is 5.97 Å². The third-order valence-electron chi connectivity index (χ3n) is 3.73. The van der Waals surface area contributed by atoms with Crippen molar-refractivity contribution in [1.82, 2.24) is 0 Å². The molecule has 1 unspecified atom stereocenters. The number of rotatable bonds is 6. The van der Waals surface area contributed by atoms with Crippen LogP contribution in [0.1, 0.15) is 16.1 Å². The number of benzene rings is 1. The van der Waals surface area contributed by atoms with Crippen LogP contribution in [0.2, 0.25) is 0 Å². The second-order valence-electron chi connectivity index (χ2n) is 5.24. The molecule has 124 valence electrons. The Hall–Kier alpha value is -1.37. The molecular formula is C15H14Cl2O5S. The third kappa shape index (κ3) is 3.03. The van der Waals surface area contributed by atoms with Gasteiger partial charge in [0.25, 0.3) is 0 Å². The average molecular weight is 377 g/mol. The van der Waals surface area contributed by atoms with Crippen LogP contribution < -0.4 is 14.2 Å². The molecule has 1 heterocycles. The highest BCUT2D eigenvalue weighted by molar-refractivity contribution is 7.21. The van der Waals surface area contributed by atoms with Crippen LogP contribution in [0.4, 0.5) is 0 Å². The van der Waals surface area contributed by atoms with E-state index in [2.05, 4.69) is 0 Å². The summed E-state index contributed by atoms with van der Waals surface area (Å²) in [5.41, 5.74) is 0. The molecular weight excluding hydrogens is 363 g/mol. The molecule has 8 heteroatoms. The largest absolute Gasteiger partial charge is 0.493 e. The van der Waals surface area contributed by atoms with Gasteiger partial charge in [0.05, 0.1) is 20.8 Å². The molecule has 3 rings (SSSR count). The van der Waals surface area contributed by atoms with Gasteiger partial charge in [-0.05, 0) is 12.5 Å². The molecule has 1 aliphatic rings. The van der Waals surface area contributed by atoms with Crippen LogP contribution >= 0.6 is 34.5 Å². The van der Waals surface area contributed by atoms with Crippen LogP contribution in [0.25, 0.3) is 10.1 Å². The lowest BCUT2D eigenvalue weighted by Gasteiger charge is -2.09. The van der Waals surface area contributed by atoms with Crippen LogP contribution in [-0.2, 0) is 0 Å². The van der Waals surface area contributed by atoms with Crippen molar-refractivity contribution in [1.29, 1.82) is 0 Å². The van der Waals surface area contributed by atoms with Gasteiger partial charge in [0.1, 0.15) is 4.33 Å². The van der Waals surface area contributed by atoms with Crippen molar-refractivity contribution in [2.45, 2.75) is 10.8 Å². The Labute approximate surface area is 146 Å². The first-order chi connectivity index (χ1) is 10.9. The summed E-state index contributed by atoms with van der Waals surface area (Å²) in [5, 5.41) is 10.1. The monoisotopic (exact) mass is 376 g/mol. The van der Waals surface area contributed by atoms with Gasteiger partial charge in [-0.1, -0.05) is 0 Å². The molecule has 0 amide bonds. The van der Waals surface area contributed by atoms with Crippen molar-refractivity contribution >= 4 is 50.6 Å². The number of hydrogen-bond acceptors (Lipinski definition) is 5. The number of carboxylic acids is 1. The van der Waals surface area contributed by atoms with Crippen molar-refractivity contribution < 1.29 is 24.1 Å². The maximum atomic E-state index is 11.5. The number of carbonyl (C=O) groups is 1. The highest BCUT2D eigenvalue weighted by Gasteiger charge is 2.52. The van der Waals surface area contributed by atoms with Gasteiger partial charge in [0, 0.05) is 22.1 Å². The van der Waals surface area contributed by atoms with E-state index in [1.807, 2.05) is 0 Å². The third-order valence-corrected chi connectivity index (χ3v) is 5.78. The molecule has 1 fully saturated rings. The van der Waals surface area contributed by atoms with Crippen LogP contribution in [0, 0.1) is 5.92 Å². The summed E-state index contributed by atoms with van der Waals surface area (Å²) in [6, 6.07) is 3.45. The van der Waals surface area contributed by atoms with E-state index >= 15 is 0 Å². The minimum absolute atomic E-state index is 0.00238. The quantitative estimate of drug-likeness (QED) is 0.765. The summed E-state index contributed by atoms with van der Waals surface area (Å²) in [4.78, 5) is 11.6. The molecule has 5 nitrogen and oxygen atoms in total.